The van der Waals surface area contributed by atoms with E-state index in [-0.39, 0.29) is 0 Å². The van der Waals surface area contributed by atoms with Crippen LogP contribution in [0.4, 0.5) is 0 Å². The van der Waals surface area contributed by atoms with E-state index in [9.17, 15) is 0 Å². The monoisotopic (exact) mass is 235 g/mol. The molecule has 1 N–H and O–H groups in total. The summed E-state index contributed by atoms with van der Waals surface area (Å²) in [5.74, 6) is 1.79. The fourth-order valence-corrected chi connectivity index (χ4v) is 2.16. The molecule has 94 valence electrons. The van der Waals surface area contributed by atoms with Crippen molar-refractivity contribution in [3.63, 3.8) is 0 Å². The minimum Gasteiger partial charge on any atom is -0.497 e. The van der Waals surface area contributed by atoms with Gasteiger partial charge in [0.1, 0.15) is 11.5 Å². The number of hydrogen-bond acceptors (Lipinski definition) is 3. The third-order valence-corrected chi connectivity index (χ3v) is 3.21. The molecule has 1 atom stereocenters. The van der Waals surface area contributed by atoms with Gasteiger partial charge in [0.25, 0.3) is 0 Å². The Balaban J connectivity index is 1.69. The molecule has 1 aliphatic heterocycles. The van der Waals surface area contributed by atoms with E-state index >= 15 is 0 Å². The zero-order chi connectivity index (χ0) is 11.9. The van der Waals surface area contributed by atoms with Crippen molar-refractivity contribution >= 4 is 0 Å². The summed E-state index contributed by atoms with van der Waals surface area (Å²) in [7, 11) is 1.67. The molecule has 0 unspecified atom stereocenters. The molecule has 0 radical (unpaired) electrons. The molecule has 1 aromatic carbocycles. The number of piperidine rings is 1. The maximum absolute atomic E-state index is 5.71. The van der Waals surface area contributed by atoms with E-state index in [0.29, 0.717) is 6.04 Å². The highest BCUT2D eigenvalue weighted by molar-refractivity contribution is 5.31. The van der Waals surface area contributed by atoms with E-state index in [2.05, 4.69) is 5.32 Å². The zero-order valence-corrected chi connectivity index (χ0v) is 10.4. The van der Waals surface area contributed by atoms with Crippen LogP contribution in [0, 0.1) is 0 Å². The lowest BCUT2D eigenvalue weighted by atomic mass is 10.0. The van der Waals surface area contributed by atoms with Crippen molar-refractivity contribution in [2.45, 2.75) is 31.7 Å². The Morgan fingerprint density at radius 1 is 1.18 bits per heavy atom. The van der Waals surface area contributed by atoms with Crippen LogP contribution < -0.4 is 14.8 Å². The van der Waals surface area contributed by atoms with Crippen molar-refractivity contribution in [3.05, 3.63) is 24.3 Å². The predicted molar refractivity (Wildman–Crippen MR) is 68.7 cm³/mol. The second-order valence-corrected chi connectivity index (χ2v) is 4.46. The number of benzene rings is 1. The van der Waals surface area contributed by atoms with E-state index in [0.717, 1.165) is 31.1 Å². The Kier molecular flexibility index (Phi) is 4.68. The Bertz CT molecular complexity index is 317. The molecule has 1 fully saturated rings. The van der Waals surface area contributed by atoms with Crippen molar-refractivity contribution in [3.8, 4) is 11.5 Å². The number of ether oxygens (including phenoxy) is 2. The number of nitrogens with one attached hydrogen (secondary N) is 1. The van der Waals surface area contributed by atoms with Crippen LogP contribution in [0.3, 0.4) is 0 Å². The van der Waals surface area contributed by atoms with Crippen LogP contribution in [-0.4, -0.2) is 26.3 Å². The van der Waals surface area contributed by atoms with Crippen LogP contribution in [0.5, 0.6) is 11.5 Å². The van der Waals surface area contributed by atoms with Crippen LogP contribution in [0.15, 0.2) is 24.3 Å². The minimum atomic E-state index is 0.641. The molecule has 0 spiro atoms. The molecule has 1 heterocycles. The highest BCUT2D eigenvalue weighted by atomic mass is 16.5. The maximum Gasteiger partial charge on any atom is 0.119 e. The molecule has 3 nitrogen and oxygen atoms in total. The van der Waals surface area contributed by atoms with Crippen LogP contribution in [-0.2, 0) is 0 Å². The second kappa shape index (κ2) is 6.50. The zero-order valence-electron chi connectivity index (χ0n) is 10.4. The van der Waals surface area contributed by atoms with Gasteiger partial charge in [-0.2, -0.15) is 0 Å². The molecule has 2 rings (SSSR count). The lowest BCUT2D eigenvalue weighted by molar-refractivity contribution is 0.268. The van der Waals surface area contributed by atoms with Crippen molar-refractivity contribution < 1.29 is 9.47 Å². The van der Waals surface area contributed by atoms with E-state index in [1.54, 1.807) is 7.11 Å². The van der Waals surface area contributed by atoms with Gasteiger partial charge >= 0.3 is 0 Å². The summed E-state index contributed by atoms with van der Waals surface area (Å²) in [5.41, 5.74) is 0. The third kappa shape index (κ3) is 3.93. The molecule has 17 heavy (non-hydrogen) atoms. The SMILES string of the molecule is COc1ccc(OCC[C@H]2CCCCN2)cc1. The standard InChI is InChI=1S/C14H21NO2/c1-16-13-5-7-14(8-6-13)17-11-9-12-4-2-3-10-15-12/h5-8,12,15H,2-4,9-11H2,1H3/t12-/m1/s1. The molecule has 1 aromatic rings. The van der Waals surface area contributed by atoms with Crippen LogP contribution in [0.25, 0.3) is 0 Å². The lowest BCUT2D eigenvalue weighted by Gasteiger charge is -2.23. The molecule has 3 heteroatoms. The fourth-order valence-electron chi connectivity index (χ4n) is 2.16. The number of methoxy groups -OCH3 is 1. The molecule has 0 bridgehead atoms. The Hall–Kier alpha value is -1.22. The summed E-state index contributed by atoms with van der Waals surface area (Å²) in [6, 6.07) is 8.39. The van der Waals surface area contributed by atoms with E-state index in [1.165, 1.54) is 19.3 Å². The second-order valence-electron chi connectivity index (χ2n) is 4.46. The van der Waals surface area contributed by atoms with Gasteiger partial charge in [-0.3, -0.25) is 0 Å². The quantitative estimate of drug-likeness (QED) is 0.851. The highest BCUT2D eigenvalue weighted by Gasteiger charge is 2.11. The number of rotatable bonds is 5. The predicted octanol–water partition coefficient (Wildman–Crippen LogP) is 2.61. The molecule has 0 amide bonds. The van der Waals surface area contributed by atoms with Crippen LogP contribution >= 0.6 is 0 Å². The first-order valence-electron chi connectivity index (χ1n) is 6.39. The summed E-state index contributed by atoms with van der Waals surface area (Å²) in [5, 5.41) is 3.52. The van der Waals surface area contributed by atoms with Gasteiger partial charge in [-0.1, -0.05) is 6.42 Å². The largest absolute Gasteiger partial charge is 0.497 e. The summed E-state index contributed by atoms with van der Waals surface area (Å²) in [6.07, 6.45) is 5.04. The van der Waals surface area contributed by atoms with Crippen molar-refractivity contribution in [2.75, 3.05) is 20.3 Å². The molecule has 1 saturated heterocycles. The summed E-state index contributed by atoms with van der Waals surface area (Å²) >= 11 is 0. The molecular formula is C14H21NO2. The molecule has 0 aliphatic carbocycles. The van der Waals surface area contributed by atoms with Crippen LogP contribution in [0.2, 0.25) is 0 Å². The highest BCUT2D eigenvalue weighted by Crippen LogP contribution is 2.17. The van der Waals surface area contributed by atoms with Gasteiger partial charge in [0.05, 0.1) is 13.7 Å². The first-order valence-corrected chi connectivity index (χ1v) is 6.39. The van der Waals surface area contributed by atoms with Gasteiger partial charge in [0, 0.05) is 6.04 Å². The van der Waals surface area contributed by atoms with Crippen LogP contribution in [0.1, 0.15) is 25.7 Å². The summed E-state index contributed by atoms with van der Waals surface area (Å²) in [6.45, 7) is 1.94. The number of hydrogen-bond donors (Lipinski definition) is 1. The first-order chi connectivity index (χ1) is 8.38. The average molecular weight is 235 g/mol. The van der Waals surface area contributed by atoms with E-state index < -0.39 is 0 Å². The Labute approximate surface area is 103 Å². The summed E-state index contributed by atoms with van der Waals surface area (Å²) in [4.78, 5) is 0. The van der Waals surface area contributed by atoms with Gasteiger partial charge in [-0.25, -0.2) is 0 Å². The molecule has 0 saturated carbocycles. The van der Waals surface area contributed by atoms with E-state index in [1.807, 2.05) is 24.3 Å². The van der Waals surface area contributed by atoms with Gasteiger partial charge < -0.3 is 14.8 Å². The van der Waals surface area contributed by atoms with Crippen molar-refractivity contribution in [2.24, 2.45) is 0 Å². The fraction of sp³-hybridized carbons (Fsp3) is 0.571. The third-order valence-electron chi connectivity index (χ3n) is 3.21. The van der Waals surface area contributed by atoms with Gasteiger partial charge in [0.15, 0.2) is 0 Å². The van der Waals surface area contributed by atoms with E-state index in [4.69, 9.17) is 9.47 Å². The maximum atomic E-state index is 5.71. The van der Waals surface area contributed by atoms with Gasteiger partial charge in [0.2, 0.25) is 0 Å². The first kappa shape index (κ1) is 12.2. The molecule has 1 aliphatic rings. The minimum absolute atomic E-state index is 0.641. The molecular weight excluding hydrogens is 214 g/mol. The van der Waals surface area contributed by atoms with Gasteiger partial charge in [-0.15, -0.1) is 0 Å². The van der Waals surface area contributed by atoms with Crippen molar-refractivity contribution in [1.29, 1.82) is 0 Å². The molecule has 0 aromatic heterocycles. The summed E-state index contributed by atoms with van der Waals surface area (Å²) < 4.78 is 10.8. The smallest absolute Gasteiger partial charge is 0.119 e. The normalized spacial score (nSPS) is 19.9. The average Bonchev–Trinajstić information content (AvgIpc) is 2.41. The Morgan fingerprint density at radius 3 is 2.59 bits per heavy atom. The van der Waals surface area contributed by atoms with Crippen molar-refractivity contribution in [1.82, 2.24) is 5.32 Å². The topological polar surface area (TPSA) is 30.5 Å². The lowest BCUT2D eigenvalue weighted by Crippen LogP contribution is -2.35. The van der Waals surface area contributed by atoms with Gasteiger partial charge in [-0.05, 0) is 50.1 Å². The Morgan fingerprint density at radius 2 is 1.94 bits per heavy atom.